The maximum Gasteiger partial charge on any atom is 0.348 e. The van der Waals surface area contributed by atoms with Gasteiger partial charge in [-0.3, -0.25) is 0 Å². The number of hydrogen-bond acceptors (Lipinski definition) is 4. The summed E-state index contributed by atoms with van der Waals surface area (Å²) in [6.07, 6.45) is 1.23. The maximum absolute atomic E-state index is 11.8. The molecule has 0 fully saturated rings. The minimum atomic E-state index is -0.559. The molecule has 0 aliphatic rings. The molecule has 7 heteroatoms. The molecular formula is C11H8ClN5O. The van der Waals surface area contributed by atoms with Crippen molar-refractivity contribution in [3.05, 3.63) is 41.0 Å². The molecule has 18 heavy (non-hydrogen) atoms. The van der Waals surface area contributed by atoms with E-state index in [0.717, 1.165) is 4.68 Å². The minimum Gasteiger partial charge on any atom is -0.382 e. The van der Waals surface area contributed by atoms with Crippen molar-refractivity contribution in [2.24, 2.45) is 0 Å². The third-order valence-electron chi connectivity index (χ3n) is 2.20. The number of benzene rings is 1. The highest BCUT2D eigenvalue weighted by Gasteiger charge is 2.13. The van der Waals surface area contributed by atoms with Gasteiger partial charge in [0.15, 0.2) is 0 Å². The lowest BCUT2D eigenvalue weighted by Gasteiger charge is -2.06. The van der Waals surface area contributed by atoms with Crippen LogP contribution in [0.15, 0.2) is 30.5 Å². The first kappa shape index (κ1) is 12.0. The normalized spacial score (nSPS) is 9.78. The van der Waals surface area contributed by atoms with Crippen LogP contribution in [0.5, 0.6) is 0 Å². The first-order chi connectivity index (χ1) is 8.61. The van der Waals surface area contributed by atoms with E-state index in [4.69, 9.17) is 22.6 Å². The zero-order valence-electron chi connectivity index (χ0n) is 9.09. The number of anilines is 2. The lowest BCUT2D eigenvalue weighted by molar-refractivity contribution is 0.251. The molecule has 0 bridgehead atoms. The molecule has 6 nitrogen and oxygen atoms in total. The molecule has 0 aliphatic carbocycles. The number of nitrogens with one attached hydrogen (secondary N) is 1. The monoisotopic (exact) mass is 261 g/mol. The van der Waals surface area contributed by atoms with Gasteiger partial charge in [0.2, 0.25) is 0 Å². The number of hydrogen-bond donors (Lipinski definition) is 2. The molecule has 0 saturated carbocycles. The van der Waals surface area contributed by atoms with Gasteiger partial charge in [0.25, 0.3) is 0 Å². The van der Waals surface area contributed by atoms with Gasteiger partial charge in [-0.2, -0.15) is 15.0 Å². The van der Waals surface area contributed by atoms with Gasteiger partial charge in [0.05, 0.1) is 6.20 Å². The van der Waals surface area contributed by atoms with Crippen molar-refractivity contribution in [1.29, 1.82) is 5.26 Å². The van der Waals surface area contributed by atoms with Gasteiger partial charge in [-0.15, -0.1) is 0 Å². The van der Waals surface area contributed by atoms with E-state index >= 15 is 0 Å². The van der Waals surface area contributed by atoms with Crippen LogP contribution in [0.4, 0.5) is 16.3 Å². The molecule has 0 aliphatic heterocycles. The summed E-state index contributed by atoms with van der Waals surface area (Å²) in [5, 5.41) is 15.5. The van der Waals surface area contributed by atoms with Crippen LogP contribution < -0.4 is 11.1 Å². The van der Waals surface area contributed by atoms with E-state index in [1.54, 1.807) is 24.3 Å². The van der Waals surface area contributed by atoms with E-state index in [2.05, 4.69) is 10.4 Å². The molecular weight excluding hydrogens is 254 g/mol. The lowest BCUT2D eigenvalue weighted by atomic mass is 10.3. The molecule has 90 valence electrons. The van der Waals surface area contributed by atoms with Crippen LogP contribution in [-0.4, -0.2) is 15.8 Å². The molecule has 0 saturated heterocycles. The van der Waals surface area contributed by atoms with Crippen molar-refractivity contribution in [3.63, 3.8) is 0 Å². The van der Waals surface area contributed by atoms with Crippen molar-refractivity contribution >= 4 is 29.1 Å². The van der Waals surface area contributed by atoms with Crippen molar-refractivity contribution in [3.8, 4) is 6.07 Å². The molecule has 1 aromatic carbocycles. The zero-order valence-corrected chi connectivity index (χ0v) is 9.85. The molecule has 1 amide bonds. The van der Waals surface area contributed by atoms with E-state index in [9.17, 15) is 4.79 Å². The van der Waals surface area contributed by atoms with Crippen LogP contribution in [0.25, 0.3) is 0 Å². The van der Waals surface area contributed by atoms with Crippen molar-refractivity contribution in [1.82, 2.24) is 9.78 Å². The minimum absolute atomic E-state index is 0.00275. The molecule has 0 radical (unpaired) electrons. The molecule has 2 rings (SSSR count). The highest BCUT2D eigenvalue weighted by Crippen LogP contribution is 2.16. The summed E-state index contributed by atoms with van der Waals surface area (Å²) in [7, 11) is 0. The highest BCUT2D eigenvalue weighted by molar-refractivity contribution is 6.30. The van der Waals surface area contributed by atoms with Crippen LogP contribution in [0.3, 0.4) is 0 Å². The zero-order chi connectivity index (χ0) is 13.1. The third kappa shape index (κ3) is 2.26. The second-order valence-electron chi connectivity index (χ2n) is 3.41. The molecule has 0 atom stereocenters. The molecule has 2 aromatic rings. The van der Waals surface area contributed by atoms with Crippen molar-refractivity contribution in [2.45, 2.75) is 0 Å². The van der Waals surface area contributed by atoms with Gasteiger partial charge in [-0.25, -0.2) is 4.79 Å². The maximum atomic E-state index is 11.8. The number of halogens is 1. The summed E-state index contributed by atoms with van der Waals surface area (Å²) >= 11 is 5.79. The van der Waals surface area contributed by atoms with Gasteiger partial charge >= 0.3 is 6.03 Å². The van der Waals surface area contributed by atoms with Crippen LogP contribution >= 0.6 is 11.6 Å². The Hall–Kier alpha value is -2.52. The van der Waals surface area contributed by atoms with E-state index in [0.29, 0.717) is 10.7 Å². The number of aromatic nitrogens is 2. The van der Waals surface area contributed by atoms with Gasteiger partial charge in [-0.05, 0) is 18.2 Å². The Bertz CT molecular complexity index is 643. The van der Waals surface area contributed by atoms with Crippen molar-refractivity contribution in [2.75, 3.05) is 11.1 Å². The average Bonchev–Trinajstić information content (AvgIpc) is 2.70. The lowest BCUT2D eigenvalue weighted by Crippen LogP contribution is -2.22. The predicted molar refractivity (Wildman–Crippen MR) is 67.2 cm³/mol. The fourth-order valence-electron chi connectivity index (χ4n) is 1.35. The number of nitrogens with two attached hydrogens (primary N) is 1. The summed E-state index contributed by atoms with van der Waals surface area (Å²) in [5.74, 6) is -0.00275. The number of nitriles is 1. The Balaban J connectivity index is 2.23. The van der Waals surface area contributed by atoms with Gasteiger partial charge in [0.1, 0.15) is 17.5 Å². The van der Waals surface area contributed by atoms with E-state index < -0.39 is 6.03 Å². The molecule has 0 spiro atoms. The highest BCUT2D eigenvalue weighted by atomic mass is 35.5. The van der Waals surface area contributed by atoms with Crippen molar-refractivity contribution < 1.29 is 4.79 Å². The number of nitrogen functional groups attached to an aromatic ring is 1. The van der Waals surface area contributed by atoms with Crippen LogP contribution in [0, 0.1) is 11.3 Å². The second-order valence-corrected chi connectivity index (χ2v) is 3.84. The fraction of sp³-hybridized carbons (Fsp3) is 0. The Labute approximate surface area is 108 Å². The van der Waals surface area contributed by atoms with E-state index in [-0.39, 0.29) is 11.4 Å². The van der Waals surface area contributed by atoms with E-state index in [1.807, 2.05) is 6.07 Å². The largest absolute Gasteiger partial charge is 0.382 e. The van der Waals surface area contributed by atoms with Crippen LogP contribution in [-0.2, 0) is 0 Å². The summed E-state index contributed by atoms with van der Waals surface area (Å²) in [5.41, 5.74) is 6.25. The standard InChI is InChI=1S/C11H8ClN5O/c12-8-2-1-3-9(4-8)16-11(18)17-10(14)7(5-13)6-15-17/h1-4,6H,14H2,(H,16,18). The number of rotatable bonds is 1. The Morgan fingerprint density at radius 1 is 1.56 bits per heavy atom. The first-order valence-electron chi connectivity index (χ1n) is 4.92. The Kier molecular flexibility index (Phi) is 3.17. The first-order valence-corrected chi connectivity index (χ1v) is 5.30. The quantitative estimate of drug-likeness (QED) is 0.821. The SMILES string of the molecule is N#Cc1cnn(C(=O)Nc2cccc(Cl)c2)c1N. The third-order valence-corrected chi connectivity index (χ3v) is 2.43. The second kappa shape index (κ2) is 4.77. The summed E-state index contributed by atoms with van der Waals surface area (Å²) in [6.45, 7) is 0. The van der Waals surface area contributed by atoms with Gasteiger partial charge in [-0.1, -0.05) is 17.7 Å². The smallest absolute Gasteiger partial charge is 0.348 e. The Morgan fingerprint density at radius 2 is 2.33 bits per heavy atom. The topological polar surface area (TPSA) is 96.7 Å². The van der Waals surface area contributed by atoms with Gasteiger partial charge in [0, 0.05) is 10.7 Å². The van der Waals surface area contributed by atoms with Crippen LogP contribution in [0.2, 0.25) is 5.02 Å². The fourth-order valence-corrected chi connectivity index (χ4v) is 1.54. The molecule has 1 heterocycles. The summed E-state index contributed by atoms with van der Waals surface area (Å²) < 4.78 is 0.916. The summed E-state index contributed by atoms with van der Waals surface area (Å²) in [6, 6.07) is 7.93. The van der Waals surface area contributed by atoms with Crippen LogP contribution in [0.1, 0.15) is 5.56 Å². The number of nitrogens with zero attached hydrogens (tertiary/aromatic N) is 3. The molecule has 1 aromatic heterocycles. The number of carbonyl (C=O) groups is 1. The predicted octanol–water partition coefficient (Wildman–Crippen LogP) is 2.07. The Morgan fingerprint density at radius 3 is 2.94 bits per heavy atom. The number of carbonyl (C=O) groups excluding carboxylic acids is 1. The number of amides is 1. The molecule has 0 unspecified atom stereocenters. The average molecular weight is 262 g/mol. The molecule has 3 N–H and O–H groups in total. The van der Waals surface area contributed by atoms with E-state index in [1.165, 1.54) is 6.20 Å². The van der Waals surface area contributed by atoms with Gasteiger partial charge < -0.3 is 11.1 Å². The summed E-state index contributed by atoms with van der Waals surface area (Å²) in [4.78, 5) is 11.8.